The molecule has 1 unspecified atom stereocenters. The fourth-order valence-corrected chi connectivity index (χ4v) is 4.41. The van der Waals surface area contributed by atoms with Gasteiger partial charge in [-0.05, 0) is 56.1 Å². The Bertz CT molecular complexity index is 918. The molecule has 1 fully saturated rings. The number of methoxy groups -OCH3 is 1. The van der Waals surface area contributed by atoms with Crippen LogP contribution >= 0.6 is 24.0 Å². The molecule has 0 aliphatic carbocycles. The number of hydrogen-bond acceptors (Lipinski definition) is 5. The summed E-state index contributed by atoms with van der Waals surface area (Å²) in [4.78, 5) is 6.96. The predicted octanol–water partition coefficient (Wildman–Crippen LogP) is 3.63. The number of para-hydroxylation sites is 1. The van der Waals surface area contributed by atoms with Crippen LogP contribution in [0.15, 0.2) is 47.5 Å². The third kappa shape index (κ3) is 6.66. The summed E-state index contributed by atoms with van der Waals surface area (Å²) >= 11 is 0. The molecule has 4 rings (SSSR count). The van der Waals surface area contributed by atoms with Gasteiger partial charge in [-0.3, -0.25) is 9.89 Å². The summed E-state index contributed by atoms with van der Waals surface area (Å²) in [6.07, 6.45) is 3.36. The zero-order valence-corrected chi connectivity index (χ0v) is 21.8. The first-order valence-electron chi connectivity index (χ1n) is 11.5. The lowest BCUT2D eigenvalue weighted by Gasteiger charge is -2.30. The van der Waals surface area contributed by atoms with E-state index >= 15 is 0 Å². The molecule has 7 nitrogen and oxygen atoms in total. The van der Waals surface area contributed by atoms with Crippen LogP contribution in [-0.2, 0) is 6.42 Å². The lowest BCUT2D eigenvalue weighted by atomic mass is 10.0. The molecule has 0 radical (unpaired) electrons. The van der Waals surface area contributed by atoms with Gasteiger partial charge in [0.25, 0.3) is 0 Å². The molecule has 1 atom stereocenters. The molecular formula is C25H35IN4O3. The van der Waals surface area contributed by atoms with Crippen LogP contribution in [0.1, 0.15) is 30.0 Å². The van der Waals surface area contributed by atoms with Crippen molar-refractivity contribution in [2.24, 2.45) is 4.99 Å². The van der Waals surface area contributed by atoms with E-state index in [9.17, 15) is 0 Å². The summed E-state index contributed by atoms with van der Waals surface area (Å²) in [5.74, 6) is 3.41. The number of guanidine groups is 1. The van der Waals surface area contributed by atoms with E-state index in [-0.39, 0.29) is 30.0 Å². The van der Waals surface area contributed by atoms with Crippen LogP contribution in [0.5, 0.6) is 17.2 Å². The fraction of sp³-hybridized carbons (Fsp3) is 0.480. The van der Waals surface area contributed by atoms with E-state index in [4.69, 9.17) is 14.2 Å². The highest BCUT2D eigenvalue weighted by atomic mass is 127. The first-order valence-corrected chi connectivity index (χ1v) is 11.5. The Morgan fingerprint density at radius 2 is 1.82 bits per heavy atom. The lowest BCUT2D eigenvalue weighted by Crippen LogP contribution is -2.43. The van der Waals surface area contributed by atoms with E-state index in [1.165, 1.54) is 24.0 Å². The average molecular weight is 566 g/mol. The Morgan fingerprint density at radius 1 is 1.06 bits per heavy atom. The molecule has 1 saturated heterocycles. The van der Waals surface area contributed by atoms with Crippen LogP contribution in [0, 0.1) is 0 Å². The highest BCUT2D eigenvalue weighted by Crippen LogP contribution is 2.32. The first-order chi connectivity index (χ1) is 15.8. The number of fused-ring (bicyclic) bond motifs is 1. The van der Waals surface area contributed by atoms with Crippen LogP contribution in [0.2, 0.25) is 0 Å². The molecule has 2 heterocycles. The Labute approximate surface area is 213 Å². The van der Waals surface area contributed by atoms with Crippen molar-refractivity contribution in [3.05, 3.63) is 53.6 Å². The number of benzene rings is 2. The van der Waals surface area contributed by atoms with Gasteiger partial charge in [0.2, 0.25) is 0 Å². The Morgan fingerprint density at radius 3 is 2.58 bits per heavy atom. The summed E-state index contributed by atoms with van der Waals surface area (Å²) in [6, 6.07) is 14.7. The maximum absolute atomic E-state index is 5.69. The largest absolute Gasteiger partial charge is 0.496 e. The predicted molar refractivity (Wildman–Crippen MR) is 142 cm³/mol. The van der Waals surface area contributed by atoms with Crippen molar-refractivity contribution < 1.29 is 14.2 Å². The Hall–Kier alpha value is -2.20. The molecule has 0 saturated carbocycles. The van der Waals surface area contributed by atoms with Crippen LogP contribution in [0.4, 0.5) is 0 Å². The fourth-order valence-electron chi connectivity index (χ4n) is 4.41. The number of ether oxygens (including phenoxy) is 3. The van der Waals surface area contributed by atoms with Gasteiger partial charge in [0.15, 0.2) is 17.5 Å². The van der Waals surface area contributed by atoms with Gasteiger partial charge in [0.05, 0.1) is 13.2 Å². The maximum atomic E-state index is 5.69. The van der Waals surface area contributed by atoms with Gasteiger partial charge in [-0.15, -0.1) is 24.0 Å². The van der Waals surface area contributed by atoms with Crippen molar-refractivity contribution in [1.29, 1.82) is 0 Å². The van der Waals surface area contributed by atoms with Crippen molar-refractivity contribution in [3.63, 3.8) is 0 Å². The molecule has 2 aliphatic rings. The summed E-state index contributed by atoms with van der Waals surface area (Å²) in [7, 11) is 3.55. The van der Waals surface area contributed by atoms with E-state index in [1.54, 1.807) is 7.11 Å². The molecule has 0 amide bonds. The number of halogens is 1. The van der Waals surface area contributed by atoms with Crippen LogP contribution in [0.3, 0.4) is 0 Å². The van der Waals surface area contributed by atoms with Crippen molar-refractivity contribution >= 4 is 29.9 Å². The van der Waals surface area contributed by atoms with Gasteiger partial charge in [-0.25, -0.2) is 0 Å². The van der Waals surface area contributed by atoms with Gasteiger partial charge in [-0.1, -0.05) is 24.3 Å². The van der Waals surface area contributed by atoms with Crippen molar-refractivity contribution in [3.8, 4) is 17.2 Å². The standard InChI is InChI=1S/C25H34N4O3.HI/c1-26-25(27-12-11-19-9-10-23-24(17-19)32-16-15-31-23)28-18-21(29-13-5-6-14-29)20-7-3-4-8-22(20)30-2;/h3-4,7-10,17,21H,5-6,11-16,18H2,1-2H3,(H2,26,27,28);1H. The summed E-state index contributed by atoms with van der Waals surface area (Å²) in [6.45, 7) is 4.99. The highest BCUT2D eigenvalue weighted by Gasteiger charge is 2.26. The first kappa shape index (κ1) is 25.4. The number of aliphatic imine (C=N–C) groups is 1. The summed E-state index contributed by atoms with van der Waals surface area (Å²) in [5.41, 5.74) is 2.43. The van der Waals surface area contributed by atoms with Gasteiger partial charge in [0, 0.05) is 25.7 Å². The summed E-state index contributed by atoms with van der Waals surface area (Å²) < 4.78 is 16.9. The number of nitrogens with one attached hydrogen (secondary N) is 2. The Kier molecular flexibility index (Phi) is 9.93. The summed E-state index contributed by atoms with van der Waals surface area (Å²) in [5, 5.41) is 6.97. The minimum absolute atomic E-state index is 0. The van der Waals surface area contributed by atoms with Gasteiger partial charge in [-0.2, -0.15) is 0 Å². The van der Waals surface area contributed by atoms with E-state index < -0.39 is 0 Å². The number of likely N-dealkylation sites (tertiary alicyclic amines) is 1. The van der Waals surface area contributed by atoms with E-state index in [0.717, 1.165) is 55.8 Å². The minimum atomic E-state index is 0. The molecule has 2 aliphatic heterocycles. The SMILES string of the molecule is CN=C(NCCc1ccc2c(c1)OCCO2)NCC(c1ccccc1OC)N1CCCC1.I. The molecule has 8 heteroatoms. The van der Waals surface area contributed by atoms with Gasteiger partial charge >= 0.3 is 0 Å². The zero-order chi connectivity index (χ0) is 22.2. The molecular weight excluding hydrogens is 531 g/mol. The van der Waals surface area contributed by atoms with E-state index in [2.05, 4.69) is 44.8 Å². The average Bonchev–Trinajstić information content (AvgIpc) is 3.38. The quantitative estimate of drug-likeness (QED) is 0.289. The third-order valence-electron chi connectivity index (χ3n) is 6.08. The number of rotatable bonds is 8. The molecule has 0 spiro atoms. The molecule has 180 valence electrons. The zero-order valence-electron chi connectivity index (χ0n) is 19.5. The molecule has 33 heavy (non-hydrogen) atoms. The van der Waals surface area contributed by atoms with Crippen LogP contribution in [0.25, 0.3) is 0 Å². The number of nitrogens with zero attached hydrogens (tertiary/aromatic N) is 2. The van der Waals surface area contributed by atoms with Crippen LogP contribution in [-0.4, -0.2) is 64.4 Å². The Balaban J connectivity index is 0.00000306. The second-order valence-corrected chi connectivity index (χ2v) is 8.11. The molecule has 0 aromatic heterocycles. The van der Waals surface area contributed by atoms with Gasteiger partial charge < -0.3 is 24.8 Å². The van der Waals surface area contributed by atoms with E-state index in [0.29, 0.717) is 13.2 Å². The van der Waals surface area contributed by atoms with Crippen molar-refractivity contribution in [1.82, 2.24) is 15.5 Å². The van der Waals surface area contributed by atoms with E-state index in [1.807, 2.05) is 25.2 Å². The van der Waals surface area contributed by atoms with Crippen molar-refractivity contribution in [2.75, 3.05) is 53.6 Å². The highest BCUT2D eigenvalue weighted by molar-refractivity contribution is 14.0. The van der Waals surface area contributed by atoms with Gasteiger partial charge in [0.1, 0.15) is 19.0 Å². The smallest absolute Gasteiger partial charge is 0.191 e. The molecule has 2 aromatic rings. The van der Waals surface area contributed by atoms with Crippen LogP contribution < -0.4 is 24.8 Å². The third-order valence-corrected chi connectivity index (χ3v) is 6.08. The molecule has 2 N–H and O–H groups in total. The molecule has 0 bridgehead atoms. The minimum Gasteiger partial charge on any atom is -0.496 e. The topological polar surface area (TPSA) is 67.4 Å². The number of hydrogen-bond donors (Lipinski definition) is 2. The van der Waals surface area contributed by atoms with Crippen molar-refractivity contribution in [2.45, 2.75) is 25.3 Å². The monoisotopic (exact) mass is 566 g/mol. The second-order valence-electron chi connectivity index (χ2n) is 8.11. The second kappa shape index (κ2) is 12.9. The lowest BCUT2D eigenvalue weighted by molar-refractivity contribution is 0.171. The normalized spacial score (nSPS) is 16.6. The molecule has 2 aromatic carbocycles. The maximum Gasteiger partial charge on any atom is 0.191 e.